The lowest BCUT2D eigenvalue weighted by atomic mass is 10.1. The Morgan fingerprint density at radius 2 is 1.61 bits per heavy atom. The van der Waals surface area contributed by atoms with Crippen LogP contribution in [0.2, 0.25) is 5.15 Å². The molecule has 4 nitrogen and oxygen atoms in total. The lowest BCUT2D eigenvalue weighted by molar-refractivity contribution is 0.447. The van der Waals surface area contributed by atoms with Gasteiger partial charge in [-0.3, -0.25) is 0 Å². The first kappa shape index (κ1) is 19.1. The van der Waals surface area contributed by atoms with Gasteiger partial charge in [-0.2, -0.15) is 5.26 Å². The second kappa shape index (κ2) is 8.81. The van der Waals surface area contributed by atoms with Crippen LogP contribution in [0.15, 0.2) is 91.7 Å². The largest absolute Gasteiger partial charge is 0.458 e. The summed E-state index contributed by atoms with van der Waals surface area (Å²) in [5.41, 5.74) is 1.83. The Balaban J connectivity index is 1.87. The molecule has 0 spiro atoms. The Morgan fingerprint density at radius 1 is 0.964 bits per heavy atom. The molecule has 1 heterocycles. The van der Waals surface area contributed by atoms with Crippen molar-refractivity contribution in [3.05, 3.63) is 108 Å². The summed E-state index contributed by atoms with van der Waals surface area (Å²) in [4.78, 5) is 8.73. The Hall–Kier alpha value is -3.68. The molecule has 0 N–H and O–H groups in total. The highest BCUT2D eigenvalue weighted by Gasteiger charge is 2.15. The number of aromatic nitrogens is 2. The second-order valence-corrected chi connectivity index (χ2v) is 6.14. The van der Waals surface area contributed by atoms with Crippen LogP contribution in [-0.4, -0.2) is 9.97 Å². The van der Waals surface area contributed by atoms with E-state index in [1.54, 1.807) is 12.2 Å². The van der Waals surface area contributed by atoms with E-state index >= 15 is 0 Å². The topological polar surface area (TPSA) is 58.8 Å². The van der Waals surface area contributed by atoms with Gasteiger partial charge < -0.3 is 4.74 Å². The number of hydrogen-bond acceptors (Lipinski definition) is 4. The smallest absolute Gasteiger partial charge is 0.161 e. The van der Waals surface area contributed by atoms with Gasteiger partial charge in [-0.1, -0.05) is 73.3 Å². The summed E-state index contributed by atoms with van der Waals surface area (Å²) in [6.45, 7) is 7.87. The van der Waals surface area contributed by atoms with E-state index in [4.69, 9.17) is 16.3 Å². The van der Waals surface area contributed by atoms with Crippen LogP contribution in [0, 0.1) is 11.3 Å². The first-order valence-electron chi connectivity index (χ1n) is 8.40. The number of hydrogen-bond donors (Lipinski definition) is 0. The summed E-state index contributed by atoms with van der Waals surface area (Å²) >= 11 is 6.22. The number of nitrogens with zero attached hydrogens (tertiary/aromatic N) is 3. The third-order valence-corrected chi connectivity index (χ3v) is 4.05. The van der Waals surface area contributed by atoms with E-state index in [1.807, 2.05) is 66.7 Å². The Morgan fingerprint density at radius 3 is 2.25 bits per heavy atom. The van der Waals surface area contributed by atoms with Crippen molar-refractivity contribution in [2.45, 2.75) is 0 Å². The average molecular weight is 386 g/mol. The van der Waals surface area contributed by atoms with Crippen molar-refractivity contribution in [2.24, 2.45) is 0 Å². The van der Waals surface area contributed by atoms with Crippen molar-refractivity contribution in [1.29, 1.82) is 5.26 Å². The normalized spacial score (nSPS) is 10.4. The predicted molar refractivity (Wildman–Crippen MR) is 112 cm³/mol. The third kappa shape index (κ3) is 4.53. The molecule has 0 radical (unpaired) electrons. The molecule has 0 bridgehead atoms. The highest BCUT2D eigenvalue weighted by atomic mass is 35.5. The van der Waals surface area contributed by atoms with Crippen LogP contribution in [0.5, 0.6) is 5.75 Å². The van der Waals surface area contributed by atoms with Crippen LogP contribution >= 0.6 is 11.6 Å². The number of para-hydroxylation sites is 1. The average Bonchev–Trinajstić information content (AvgIpc) is 2.72. The maximum atomic E-state index is 9.46. The van der Waals surface area contributed by atoms with Gasteiger partial charge in [-0.15, -0.1) is 0 Å². The van der Waals surface area contributed by atoms with Crippen molar-refractivity contribution < 1.29 is 4.74 Å². The van der Waals surface area contributed by atoms with Crippen LogP contribution in [0.1, 0.15) is 11.3 Å². The standard InChI is InChI=1S/C23H16ClN3O/c1-16(13-14-17(2)28-19-11-7-4-8-12-19)21-20(15-25)22(24)27-23(26-21)18-9-5-3-6-10-18/h3-14H,1-2H2/b14-13-. The zero-order chi connectivity index (χ0) is 19.9. The fourth-order valence-electron chi connectivity index (χ4n) is 2.43. The molecule has 0 aliphatic heterocycles. The molecule has 0 atom stereocenters. The van der Waals surface area contributed by atoms with Gasteiger partial charge in [0.1, 0.15) is 23.1 Å². The van der Waals surface area contributed by atoms with Gasteiger partial charge in [0.2, 0.25) is 0 Å². The fourth-order valence-corrected chi connectivity index (χ4v) is 2.64. The molecule has 0 saturated carbocycles. The fraction of sp³-hybridized carbons (Fsp3) is 0. The van der Waals surface area contributed by atoms with E-state index < -0.39 is 0 Å². The van der Waals surface area contributed by atoms with Crippen LogP contribution in [0.4, 0.5) is 0 Å². The molecule has 0 aliphatic carbocycles. The first-order chi connectivity index (χ1) is 13.6. The van der Waals surface area contributed by atoms with Gasteiger partial charge in [0.15, 0.2) is 11.0 Å². The zero-order valence-electron chi connectivity index (χ0n) is 15.0. The molecule has 3 aromatic rings. The lowest BCUT2D eigenvalue weighted by Crippen LogP contribution is -2.00. The van der Waals surface area contributed by atoms with Crippen LogP contribution in [-0.2, 0) is 0 Å². The van der Waals surface area contributed by atoms with Crippen LogP contribution in [0.3, 0.4) is 0 Å². The molecule has 0 unspecified atom stereocenters. The zero-order valence-corrected chi connectivity index (χ0v) is 15.7. The van der Waals surface area contributed by atoms with E-state index in [-0.39, 0.29) is 10.7 Å². The molecule has 0 saturated heterocycles. The molecule has 0 aliphatic rings. The predicted octanol–water partition coefficient (Wildman–Crippen LogP) is 5.83. The lowest BCUT2D eigenvalue weighted by Gasteiger charge is -2.09. The SMILES string of the molecule is C=C(/C=C\C(=C)c1nc(-c2ccccc2)nc(Cl)c1C#N)Oc1ccccc1. The minimum atomic E-state index is 0.0836. The highest BCUT2D eigenvalue weighted by Crippen LogP contribution is 2.26. The van der Waals surface area contributed by atoms with Gasteiger partial charge in [-0.05, 0) is 29.9 Å². The monoisotopic (exact) mass is 385 g/mol. The third-order valence-electron chi connectivity index (χ3n) is 3.78. The number of nitriles is 1. The second-order valence-electron chi connectivity index (χ2n) is 5.78. The molecule has 1 aromatic heterocycles. The van der Waals surface area contributed by atoms with E-state index in [9.17, 15) is 5.26 Å². The molecular weight excluding hydrogens is 370 g/mol. The number of rotatable bonds is 6. The Bertz CT molecular complexity index is 1080. The van der Waals surface area contributed by atoms with Gasteiger partial charge in [0.05, 0.1) is 5.69 Å². The molecular formula is C23H16ClN3O. The summed E-state index contributed by atoms with van der Waals surface area (Å²) in [6.07, 6.45) is 3.34. The van der Waals surface area contributed by atoms with Crippen LogP contribution in [0.25, 0.3) is 17.0 Å². The van der Waals surface area contributed by atoms with E-state index in [0.717, 1.165) is 5.56 Å². The highest BCUT2D eigenvalue weighted by molar-refractivity contribution is 6.30. The number of allylic oxidation sites excluding steroid dienone is 3. The molecule has 0 amide bonds. The molecule has 3 rings (SSSR count). The molecule has 0 fully saturated rings. The van der Waals surface area contributed by atoms with Crippen molar-refractivity contribution in [3.8, 4) is 23.2 Å². The quantitative estimate of drug-likeness (QED) is 0.304. The minimum Gasteiger partial charge on any atom is -0.458 e. The molecule has 136 valence electrons. The van der Waals surface area contributed by atoms with Gasteiger partial charge in [0, 0.05) is 5.56 Å². The first-order valence-corrected chi connectivity index (χ1v) is 8.78. The minimum absolute atomic E-state index is 0.0836. The van der Waals surface area contributed by atoms with E-state index in [2.05, 4.69) is 23.1 Å². The maximum absolute atomic E-state index is 9.46. The van der Waals surface area contributed by atoms with Crippen LogP contribution < -0.4 is 4.74 Å². The maximum Gasteiger partial charge on any atom is 0.161 e. The summed E-state index contributed by atoms with van der Waals surface area (Å²) in [7, 11) is 0. The van der Waals surface area contributed by atoms with Crippen molar-refractivity contribution in [2.75, 3.05) is 0 Å². The molecule has 5 heteroatoms. The summed E-state index contributed by atoms with van der Waals surface area (Å²) < 4.78 is 5.63. The Labute approximate surface area is 168 Å². The number of halogens is 1. The van der Waals surface area contributed by atoms with E-state index in [0.29, 0.717) is 28.6 Å². The van der Waals surface area contributed by atoms with Crippen molar-refractivity contribution in [3.63, 3.8) is 0 Å². The number of ether oxygens (including phenoxy) is 1. The summed E-state index contributed by atoms with van der Waals surface area (Å²) in [5.74, 6) is 1.53. The Kier molecular flexibility index (Phi) is 6.01. The van der Waals surface area contributed by atoms with Gasteiger partial charge >= 0.3 is 0 Å². The van der Waals surface area contributed by atoms with Crippen molar-refractivity contribution in [1.82, 2.24) is 9.97 Å². The van der Waals surface area contributed by atoms with Gasteiger partial charge in [0.25, 0.3) is 0 Å². The van der Waals surface area contributed by atoms with E-state index in [1.165, 1.54) is 0 Å². The summed E-state index contributed by atoms with van der Waals surface area (Å²) in [6, 6.07) is 20.8. The molecule has 28 heavy (non-hydrogen) atoms. The summed E-state index contributed by atoms with van der Waals surface area (Å²) in [5, 5.41) is 9.54. The van der Waals surface area contributed by atoms with Crippen molar-refractivity contribution >= 4 is 17.2 Å². The van der Waals surface area contributed by atoms with Gasteiger partial charge in [-0.25, -0.2) is 9.97 Å². The molecule has 2 aromatic carbocycles. The number of benzene rings is 2.